The molecule has 0 unspecified atom stereocenters. The number of aromatic nitrogens is 1. The lowest BCUT2D eigenvalue weighted by Gasteiger charge is -2.29. The van der Waals surface area contributed by atoms with Crippen molar-refractivity contribution in [2.45, 2.75) is 6.42 Å². The van der Waals surface area contributed by atoms with Gasteiger partial charge in [0.05, 0.1) is 16.3 Å². The number of ether oxygens (including phenoxy) is 1. The van der Waals surface area contributed by atoms with Crippen molar-refractivity contribution < 1.29 is 14.3 Å². The zero-order valence-electron chi connectivity index (χ0n) is 13.4. The molecule has 1 aliphatic rings. The molecule has 0 aliphatic carbocycles. The quantitative estimate of drug-likeness (QED) is 0.768. The fraction of sp³-hybridized carbons (Fsp3) is 0.235. The Morgan fingerprint density at radius 1 is 1.40 bits per heavy atom. The number of benzene rings is 1. The van der Waals surface area contributed by atoms with E-state index in [4.69, 9.17) is 22.1 Å². The molecule has 0 saturated heterocycles. The smallest absolute Gasteiger partial charge is 0.265 e. The second-order valence-electron chi connectivity index (χ2n) is 5.50. The van der Waals surface area contributed by atoms with Crippen molar-refractivity contribution in [3.05, 3.63) is 47.1 Å². The van der Waals surface area contributed by atoms with Crippen LogP contribution in [0.5, 0.6) is 5.75 Å². The Hall–Kier alpha value is -2.80. The second-order valence-corrected chi connectivity index (χ2v) is 5.91. The highest BCUT2D eigenvalue weighted by Gasteiger charge is 2.24. The molecule has 25 heavy (non-hydrogen) atoms. The summed E-state index contributed by atoms with van der Waals surface area (Å²) in [5.74, 6) is 0.535. The van der Waals surface area contributed by atoms with E-state index in [1.807, 2.05) is 24.3 Å². The molecule has 3 rings (SSSR count). The number of hydrogen-bond acceptors (Lipinski definition) is 5. The van der Waals surface area contributed by atoms with Gasteiger partial charge in [-0.25, -0.2) is 4.98 Å². The van der Waals surface area contributed by atoms with Gasteiger partial charge in [-0.1, -0.05) is 23.7 Å². The van der Waals surface area contributed by atoms with Gasteiger partial charge >= 0.3 is 0 Å². The molecule has 0 fully saturated rings. The highest BCUT2D eigenvalue weighted by Crippen LogP contribution is 2.31. The number of nitrogens with zero attached hydrogens (tertiary/aromatic N) is 2. The van der Waals surface area contributed by atoms with E-state index in [-0.39, 0.29) is 18.1 Å². The van der Waals surface area contributed by atoms with E-state index in [0.717, 1.165) is 5.69 Å². The predicted octanol–water partition coefficient (Wildman–Crippen LogP) is 2.06. The molecule has 130 valence electrons. The Morgan fingerprint density at radius 3 is 2.96 bits per heavy atom. The lowest BCUT2D eigenvalue weighted by molar-refractivity contribution is -0.121. The van der Waals surface area contributed by atoms with Crippen LogP contribution in [0.2, 0.25) is 5.02 Å². The number of pyridine rings is 1. The number of fused-ring (bicyclic) bond motifs is 1. The summed E-state index contributed by atoms with van der Waals surface area (Å²) < 4.78 is 5.42. The number of primary amides is 1. The van der Waals surface area contributed by atoms with Gasteiger partial charge < -0.3 is 20.7 Å². The average Bonchev–Trinajstić information content (AvgIpc) is 2.61. The third kappa shape index (κ3) is 3.83. The van der Waals surface area contributed by atoms with Crippen molar-refractivity contribution in [1.29, 1.82) is 0 Å². The topological polar surface area (TPSA) is 97.5 Å². The molecule has 0 atom stereocenters. The van der Waals surface area contributed by atoms with Crippen LogP contribution in [-0.2, 0) is 4.79 Å². The zero-order valence-corrected chi connectivity index (χ0v) is 14.1. The molecule has 0 bridgehead atoms. The highest BCUT2D eigenvalue weighted by atomic mass is 35.5. The van der Waals surface area contributed by atoms with Crippen LogP contribution in [0.25, 0.3) is 0 Å². The molecule has 7 nitrogen and oxygen atoms in total. The summed E-state index contributed by atoms with van der Waals surface area (Å²) in [4.78, 5) is 29.0. The van der Waals surface area contributed by atoms with Gasteiger partial charge in [-0.3, -0.25) is 9.59 Å². The third-order valence-electron chi connectivity index (χ3n) is 3.78. The van der Waals surface area contributed by atoms with Crippen LogP contribution in [-0.4, -0.2) is 36.5 Å². The molecule has 2 aromatic rings. The van der Waals surface area contributed by atoms with Gasteiger partial charge in [-0.2, -0.15) is 0 Å². The van der Waals surface area contributed by atoms with Crippen molar-refractivity contribution in [3.8, 4) is 5.75 Å². The van der Waals surface area contributed by atoms with Crippen molar-refractivity contribution in [3.63, 3.8) is 0 Å². The summed E-state index contributed by atoms with van der Waals surface area (Å²) >= 11 is 6.08. The Kier molecular flexibility index (Phi) is 5.04. The van der Waals surface area contributed by atoms with Crippen molar-refractivity contribution >= 4 is 34.9 Å². The first-order valence-corrected chi connectivity index (χ1v) is 8.15. The number of carbonyl (C=O) groups is 2. The molecule has 3 N–H and O–H groups in total. The van der Waals surface area contributed by atoms with Crippen molar-refractivity contribution in [2.75, 3.05) is 29.9 Å². The maximum atomic E-state index is 12.1. The first-order valence-electron chi connectivity index (χ1n) is 7.77. The lowest BCUT2D eigenvalue weighted by Crippen LogP contribution is -2.39. The van der Waals surface area contributed by atoms with Gasteiger partial charge in [0.2, 0.25) is 5.91 Å². The Morgan fingerprint density at radius 2 is 2.20 bits per heavy atom. The normalized spacial score (nSPS) is 13.2. The standard InChI is InChI=1S/C17H17ClN4O3/c18-12-8-11(16(19)24)9-21-17(12)20-6-3-7-22-13-4-1-2-5-14(13)25-10-15(22)23/h1-2,4-5,8-9H,3,6-7,10H2,(H2,19,24)(H,20,21). The van der Waals surface area contributed by atoms with Crippen LogP contribution >= 0.6 is 11.6 Å². The second kappa shape index (κ2) is 7.40. The summed E-state index contributed by atoms with van der Waals surface area (Å²) in [6.07, 6.45) is 2.06. The fourth-order valence-electron chi connectivity index (χ4n) is 2.55. The van der Waals surface area contributed by atoms with E-state index in [0.29, 0.717) is 36.1 Å². The van der Waals surface area contributed by atoms with E-state index in [2.05, 4.69) is 10.3 Å². The third-order valence-corrected chi connectivity index (χ3v) is 4.07. The predicted molar refractivity (Wildman–Crippen MR) is 95.2 cm³/mol. The fourth-order valence-corrected chi connectivity index (χ4v) is 2.78. The first kappa shape index (κ1) is 17.0. The maximum Gasteiger partial charge on any atom is 0.265 e. The summed E-state index contributed by atoms with van der Waals surface area (Å²) in [7, 11) is 0. The number of carbonyl (C=O) groups excluding carboxylic acids is 2. The average molecular weight is 361 g/mol. The molecule has 8 heteroatoms. The van der Waals surface area contributed by atoms with E-state index < -0.39 is 5.91 Å². The summed E-state index contributed by atoms with van der Waals surface area (Å²) in [6, 6.07) is 8.92. The Balaban J connectivity index is 1.57. The van der Waals surface area contributed by atoms with Crippen LogP contribution in [0.3, 0.4) is 0 Å². The van der Waals surface area contributed by atoms with Gasteiger partial charge in [0.15, 0.2) is 6.61 Å². The molecular formula is C17H17ClN4O3. The van der Waals surface area contributed by atoms with Crippen LogP contribution in [0.1, 0.15) is 16.8 Å². The summed E-state index contributed by atoms with van der Waals surface area (Å²) in [5.41, 5.74) is 6.22. The molecule has 2 heterocycles. The number of nitrogens with two attached hydrogens (primary N) is 1. The van der Waals surface area contributed by atoms with Gasteiger partial charge in [-0.15, -0.1) is 0 Å². The van der Waals surface area contributed by atoms with Crippen LogP contribution in [0.4, 0.5) is 11.5 Å². The number of halogens is 1. The Bertz CT molecular complexity index is 812. The van der Waals surface area contributed by atoms with Crippen molar-refractivity contribution in [2.24, 2.45) is 5.73 Å². The van der Waals surface area contributed by atoms with Crippen LogP contribution in [0.15, 0.2) is 36.5 Å². The molecule has 0 radical (unpaired) electrons. The van der Waals surface area contributed by atoms with Gasteiger partial charge in [0.25, 0.3) is 5.91 Å². The van der Waals surface area contributed by atoms with Gasteiger partial charge in [0.1, 0.15) is 11.6 Å². The number of nitrogens with one attached hydrogen (secondary N) is 1. The monoisotopic (exact) mass is 360 g/mol. The van der Waals surface area contributed by atoms with E-state index >= 15 is 0 Å². The SMILES string of the molecule is NC(=O)c1cnc(NCCCN2C(=O)COc3ccccc32)c(Cl)c1. The highest BCUT2D eigenvalue weighted by molar-refractivity contribution is 6.33. The van der Waals surface area contributed by atoms with Crippen LogP contribution in [0, 0.1) is 0 Å². The zero-order chi connectivity index (χ0) is 17.8. The van der Waals surface area contributed by atoms with E-state index in [1.165, 1.54) is 12.3 Å². The molecule has 1 aromatic carbocycles. The Labute approximate surface area is 149 Å². The van der Waals surface area contributed by atoms with Gasteiger partial charge in [0, 0.05) is 19.3 Å². The van der Waals surface area contributed by atoms with Gasteiger partial charge in [-0.05, 0) is 24.6 Å². The van der Waals surface area contributed by atoms with Crippen LogP contribution < -0.4 is 20.7 Å². The van der Waals surface area contributed by atoms with Crippen molar-refractivity contribution in [1.82, 2.24) is 4.98 Å². The largest absolute Gasteiger partial charge is 0.482 e. The number of rotatable bonds is 6. The summed E-state index contributed by atoms with van der Waals surface area (Å²) in [6.45, 7) is 1.16. The first-order chi connectivity index (χ1) is 12.1. The minimum absolute atomic E-state index is 0.0480. The molecule has 1 aromatic heterocycles. The van der Waals surface area contributed by atoms with E-state index in [9.17, 15) is 9.59 Å². The molecule has 2 amide bonds. The number of para-hydroxylation sites is 2. The molecule has 1 aliphatic heterocycles. The number of amides is 2. The molecule has 0 saturated carbocycles. The summed E-state index contributed by atoms with van der Waals surface area (Å²) in [5, 5.41) is 3.42. The lowest BCUT2D eigenvalue weighted by atomic mass is 10.2. The molecular weight excluding hydrogens is 344 g/mol. The minimum atomic E-state index is -0.578. The minimum Gasteiger partial charge on any atom is -0.482 e. The number of hydrogen-bond donors (Lipinski definition) is 2. The van der Waals surface area contributed by atoms with E-state index in [1.54, 1.807) is 4.90 Å². The maximum absolute atomic E-state index is 12.1. The molecule has 0 spiro atoms. The number of anilines is 2.